The van der Waals surface area contributed by atoms with Gasteiger partial charge in [-0.1, -0.05) is 38.5 Å². The highest BCUT2D eigenvalue weighted by Crippen LogP contribution is 2.17. The summed E-state index contributed by atoms with van der Waals surface area (Å²) in [6.07, 6.45) is 2.53. The van der Waals surface area contributed by atoms with Crippen LogP contribution in [0, 0.1) is 5.92 Å². The first-order valence-electron chi connectivity index (χ1n) is 6.67. The topological polar surface area (TPSA) is 21.3 Å². The highest BCUT2D eigenvalue weighted by Gasteiger charge is 2.04. The maximum absolute atomic E-state index is 5.47. The Hall–Kier alpha value is -1.02. The maximum atomic E-state index is 5.47. The minimum atomic E-state index is 0.696. The quantitative estimate of drug-likeness (QED) is 0.733. The molecule has 1 N–H and O–H groups in total. The summed E-state index contributed by atoms with van der Waals surface area (Å²) in [6, 6.07) is 8.40. The molecule has 1 aromatic rings. The van der Waals surface area contributed by atoms with E-state index in [-0.39, 0.29) is 0 Å². The lowest BCUT2D eigenvalue weighted by Gasteiger charge is -2.15. The van der Waals surface area contributed by atoms with Gasteiger partial charge < -0.3 is 10.1 Å². The van der Waals surface area contributed by atoms with Crippen molar-refractivity contribution < 1.29 is 4.74 Å². The van der Waals surface area contributed by atoms with Gasteiger partial charge in [0.25, 0.3) is 0 Å². The van der Waals surface area contributed by atoms with Gasteiger partial charge in [-0.15, -0.1) is 0 Å². The summed E-state index contributed by atoms with van der Waals surface area (Å²) in [4.78, 5) is 0. The van der Waals surface area contributed by atoms with Crippen molar-refractivity contribution in [3.63, 3.8) is 0 Å². The second kappa shape index (κ2) is 8.13. The van der Waals surface area contributed by atoms with Crippen LogP contribution in [-0.4, -0.2) is 13.2 Å². The highest BCUT2D eigenvalue weighted by atomic mass is 16.5. The zero-order chi connectivity index (χ0) is 12.5. The Labute approximate surface area is 105 Å². The Bertz CT molecular complexity index is 312. The van der Waals surface area contributed by atoms with Gasteiger partial charge in [-0.05, 0) is 25.3 Å². The van der Waals surface area contributed by atoms with E-state index < -0.39 is 0 Å². The Morgan fingerprint density at radius 1 is 1.24 bits per heavy atom. The third kappa shape index (κ3) is 5.22. The van der Waals surface area contributed by atoms with E-state index >= 15 is 0 Å². The second-order valence-corrected chi connectivity index (χ2v) is 4.57. The predicted octanol–water partition coefficient (Wildman–Crippen LogP) is 4.07. The van der Waals surface area contributed by atoms with Crippen LogP contribution in [0.5, 0.6) is 0 Å². The summed E-state index contributed by atoms with van der Waals surface area (Å²) in [5.74, 6) is 0.722. The van der Waals surface area contributed by atoms with Crippen molar-refractivity contribution in [2.24, 2.45) is 5.92 Å². The van der Waals surface area contributed by atoms with Crippen molar-refractivity contribution >= 4 is 5.69 Å². The zero-order valence-corrected chi connectivity index (χ0v) is 11.3. The summed E-state index contributed by atoms with van der Waals surface area (Å²) in [5.41, 5.74) is 2.46. The molecule has 0 radical (unpaired) electrons. The minimum Gasteiger partial charge on any atom is -0.384 e. The molecular formula is C15H25NO. The average Bonchev–Trinajstić information content (AvgIpc) is 2.35. The number of para-hydroxylation sites is 1. The van der Waals surface area contributed by atoms with E-state index in [1.165, 1.54) is 24.1 Å². The van der Waals surface area contributed by atoms with Crippen molar-refractivity contribution in [3.8, 4) is 0 Å². The van der Waals surface area contributed by atoms with Crippen molar-refractivity contribution in [2.75, 3.05) is 18.5 Å². The molecule has 0 aliphatic rings. The SMILES string of the molecule is CCCC(C)CNc1ccccc1COCC. The number of rotatable bonds is 8. The summed E-state index contributed by atoms with van der Waals surface area (Å²) in [7, 11) is 0. The first kappa shape index (κ1) is 14.0. The van der Waals surface area contributed by atoms with Gasteiger partial charge in [0.15, 0.2) is 0 Å². The number of hydrogen-bond acceptors (Lipinski definition) is 2. The molecule has 0 saturated carbocycles. The fourth-order valence-electron chi connectivity index (χ4n) is 1.91. The Balaban J connectivity index is 2.51. The molecule has 96 valence electrons. The van der Waals surface area contributed by atoms with E-state index in [1.54, 1.807) is 0 Å². The van der Waals surface area contributed by atoms with Crippen LogP contribution >= 0.6 is 0 Å². The van der Waals surface area contributed by atoms with Gasteiger partial charge in [0.1, 0.15) is 0 Å². The highest BCUT2D eigenvalue weighted by molar-refractivity contribution is 5.50. The van der Waals surface area contributed by atoms with Crippen LogP contribution in [0.25, 0.3) is 0 Å². The van der Waals surface area contributed by atoms with Gasteiger partial charge in [0.2, 0.25) is 0 Å². The van der Waals surface area contributed by atoms with E-state index in [2.05, 4.69) is 43.4 Å². The molecule has 0 fully saturated rings. The summed E-state index contributed by atoms with van der Waals surface area (Å²) in [5, 5.41) is 3.53. The molecular weight excluding hydrogens is 210 g/mol. The maximum Gasteiger partial charge on any atom is 0.0736 e. The summed E-state index contributed by atoms with van der Waals surface area (Å²) in [6.45, 7) is 9.06. The fourth-order valence-corrected chi connectivity index (χ4v) is 1.91. The summed E-state index contributed by atoms with van der Waals surface area (Å²) >= 11 is 0. The lowest BCUT2D eigenvalue weighted by molar-refractivity contribution is 0.134. The van der Waals surface area contributed by atoms with E-state index in [4.69, 9.17) is 4.74 Å². The second-order valence-electron chi connectivity index (χ2n) is 4.57. The number of hydrogen-bond donors (Lipinski definition) is 1. The average molecular weight is 235 g/mol. The van der Waals surface area contributed by atoms with Crippen LogP contribution < -0.4 is 5.32 Å². The van der Waals surface area contributed by atoms with Gasteiger partial charge in [0, 0.05) is 24.4 Å². The van der Waals surface area contributed by atoms with Gasteiger partial charge in [-0.25, -0.2) is 0 Å². The fraction of sp³-hybridized carbons (Fsp3) is 0.600. The Morgan fingerprint density at radius 3 is 2.71 bits per heavy atom. The molecule has 2 nitrogen and oxygen atoms in total. The van der Waals surface area contributed by atoms with Crippen LogP contribution in [0.15, 0.2) is 24.3 Å². The van der Waals surface area contributed by atoms with Crippen molar-refractivity contribution in [3.05, 3.63) is 29.8 Å². The van der Waals surface area contributed by atoms with Gasteiger partial charge in [0.05, 0.1) is 6.61 Å². The first-order valence-corrected chi connectivity index (χ1v) is 6.67. The molecule has 0 spiro atoms. The summed E-state index contributed by atoms with van der Waals surface area (Å²) < 4.78 is 5.47. The predicted molar refractivity (Wildman–Crippen MR) is 74.3 cm³/mol. The first-order chi connectivity index (χ1) is 8.27. The van der Waals surface area contributed by atoms with Crippen LogP contribution in [0.1, 0.15) is 39.2 Å². The monoisotopic (exact) mass is 235 g/mol. The molecule has 0 saturated heterocycles. The van der Waals surface area contributed by atoms with Crippen molar-refractivity contribution in [1.82, 2.24) is 0 Å². The third-order valence-electron chi connectivity index (χ3n) is 2.90. The molecule has 0 aliphatic carbocycles. The molecule has 17 heavy (non-hydrogen) atoms. The zero-order valence-electron chi connectivity index (χ0n) is 11.3. The van der Waals surface area contributed by atoms with Crippen LogP contribution in [0.2, 0.25) is 0 Å². The van der Waals surface area contributed by atoms with E-state index in [0.29, 0.717) is 6.61 Å². The number of ether oxygens (including phenoxy) is 1. The van der Waals surface area contributed by atoms with Crippen molar-refractivity contribution in [2.45, 2.75) is 40.2 Å². The van der Waals surface area contributed by atoms with Crippen LogP contribution in [0.4, 0.5) is 5.69 Å². The van der Waals surface area contributed by atoms with Gasteiger partial charge in [-0.2, -0.15) is 0 Å². The lowest BCUT2D eigenvalue weighted by Crippen LogP contribution is -2.12. The van der Waals surface area contributed by atoms with Gasteiger partial charge in [-0.3, -0.25) is 0 Å². The molecule has 0 aliphatic heterocycles. The van der Waals surface area contributed by atoms with E-state index in [9.17, 15) is 0 Å². The minimum absolute atomic E-state index is 0.696. The molecule has 0 bridgehead atoms. The number of anilines is 1. The van der Waals surface area contributed by atoms with E-state index in [1.807, 2.05) is 6.92 Å². The van der Waals surface area contributed by atoms with Gasteiger partial charge >= 0.3 is 0 Å². The molecule has 1 unspecified atom stereocenters. The van der Waals surface area contributed by atoms with Crippen LogP contribution in [-0.2, 0) is 11.3 Å². The number of nitrogens with one attached hydrogen (secondary N) is 1. The molecule has 1 aromatic carbocycles. The molecule has 1 rings (SSSR count). The largest absolute Gasteiger partial charge is 0.384 e. The third-order valence-corrected chi connectivity index (χ3v) is 2.90. The standard InChI is InChI=1S/C15H25NO/c1-4-8-13(3)11-16-15-10-7-6-9-14(15)12-17-5-2/h6-7,9-10,13,16H,4-5,8,11-12H2,1-3H3. The molecule has 2 heteroatoms. The normalized spacial score (nSPS) is 12.4. The number of benzene rings is 1. The van der Waals surface area contributed by atoms with Crippen LogP contribution in [0.3, 0.4) is 0 Å². The molecule has 0 aromatic heterocycles. The Kier molecular flexibility index (Phi) is 6.71. The molecule has 1 atom stereocenters. The van der Waals surface area contributed by atoms with E-state index in [0.717, 1.165) is 19.1 Å². The smallest absolute Gasteiger partial charge is 0.0736 e. The molecule has 0 amide bonds. The lowest BCUT2D eigenvalue weighted by atomic mass is 10.1. The Morgan fingerprint density at radius 2 is 2.00 bits per heavy atom. The van der Waals surface area contributed by atoms with Crippen molar-refractivity contribution in [1.29, 1.82) is 0 Å². The molecule has 0 heterocycles.